The van der Waals surface area contributed by atoms with E-state index >= 15 is 0 Å². The van der Waals surface area contributed by atoms with E-state index in [1.807, 2.05) is 18.7 Å². The summed E-state index contributed by atoms with van der Waals surface area (Å²) in [5.41, 5.74) is 2.29. The van der Waals surface area contributed by atoms with Gasteiger partial charge in [-0.2, -0.15) is 5.10 Å². The summed E-state index contributed by atoms with van der Waals surface area (Å²) < 4.78 is 5.12. The molecule has 0 atom stereocenters. The summed E-state index contributed by atoms with van der Waals surface area (Å²) in [6, 6.07) is 0.247. The van der Waals surface area contributed by atoms with Crippen LogP contribution in [0.5, 0.6) is 0 Å². The van der Waals surface area contributed by atoms with Crippen molar-refractivity contribution in [2.24, 2.45) is 0 Å². The number of hydrogen-bond acceptors (Lipinski definition) is 3. The highest BCUT2D eigenvalue weighted by Gasteiger charge is 2.25. The zero-order valence-corrected chi connectivity index (χ0v) is 12.6. The number of aromatic nitrogens is 2. The van der Waals surface area contributed by atoms with Gasteiger partial charge < -0.3 is 9.64 Å². The highest BCUT2D eigenvalue weighted by molar-refractivity contribution is 5.96. The van der Waals surface area contributed by atoms with Crippen LogP contribution in [0, 0.1) is 13.8 Å². The standard InChI is InChI=1S/C14H25N3O2/c1-6-12(7-2)17(8-9-19-5)14(18)13-10(3)15-16-11(13)4/h12H,6-9H2,1-5H3,(H,15,16). The van der Waals surface area contributed by atoms with Gasteiger partial charge in [0.25, 0.3) is 5.91 Å². The third kappa shape index (κ3) is 3.56. The van der Waals surface area contributed by atoms with Crippen molar-refractivity contribution in [2.45, 2.75) is 46.6 Å². The molecule has 0 spiro atoms. The first-order valence-corrected chi connectivity index (χ1v) is 6.88. The quantitative estimate of drug-likeness (QED) is 0.824. The molecule has 1 rings (SSSR count). The number of hydrogen-bond donors (Lipinski definition) is 1. The Balaban J connectivity index is 3.00. The average Bonchev–Trinajstić information content (AvgIpc) is 2.73. The normalized spacial score (nSPS) is 11.1. The Morgan fingerprint density at radius 2 is 2.00 bits per heavy atom. The summed E-state index contributed by atoms with van der Waals surface area (Å²) in [5.74, 6) is 0.0505. The van der Waals surface area contributed by atoms with Gasteiger partial charge in [0, 0.05) is 25.4 Å². The number of methoxy groups -OCH3 is 1. The number of aromatic amines is 1. The van der Waals surface area contributed by atoms with Gasteiger partial charge in [0.2, 0.25) is 0 Å². The molecule has 0 fully saturated rings. The molecule has 0 bridgehead atoms. The first-order valence-electron chi connectivity index (χ1n) is 6.88. The number of rotatable bonds is 7. The predicted molar refractivity (Wildman–Crippen MR) is 75.3 cm³/mol. The summed E-state index contributed by atoms with van der Waals surface area (Å²) in [6.07, 6.45) is 1.89. The molecule has 0 saturated heterocycles. The average molecular weight is 267 g/mol. The summed E-state index contributed by atoms with van der Waals surface area (Å²) >= 11 is 0. The number of carbonyl (C=O) groups excluding carboxylic acids is 1. The molecule has 0 aromatic carbocycles. The Kier molecular flexibility index (Phi) is 6.02. The molecule has 108 valence electrons. The molecule has 1 amide bonds. The molecule has 1 heterocycles. The number of amides is 1. The minimum absolute atomic E-state index is 0.0505. The maximum absolute atomic E-state index is 12.7. The first kappa shape index (κ1) is 15.7. The van der Waals surface area contributed by atoms with E-state index in [-0.39, 0.29) is 11.9 Å². The lowest BCUT2D eigenvalue weighted by atomic mass is 10.1. The van der Waals surface area contributed by atoms with Crippen molar-refractivity contribution in [3.05, 3.63) is 17.0 Å². The SMILES string of the molecule is CCC(CC)N(CCOC)C(=O)c1c(C)n[nH]c1C. The zero-order valence-electron chi connectivity index (χ0n) is 12.6. The van der Waals surface area contributed by atoms with Crippen LogP contribution < -0.4 is 0 Å². The van der Waals surface area contributed by atoms with Crippen LogP contribution in [0.3, 0.4) is 0 Å². The molecule has 0 aliphatic carbocycles. The molecular formula is C14H25N3O2. The Labute approximate surface area is 115 Å². The van der Waals surface area contributed by atoms with Crippen LogP contribution in [0.25, 0.3) is 0 Å². The van der Waals surface area contributed by atoms with Crippen LogP contribution in [0.4, 0.5) is 0 Å². The second-order valence-electron chi connectivity index (χ2n) is 4.77. The van der Waals surface area contributed by atoms with Crippen LogP contribution in [0.1, 0.15) is 48.4 Å². The number of carbonyl (C=O) groups is 1. The largest absolute Gasteiger partial charge is 0.383 e. The van der Waals surface area contributed by atoms with Gasteiger partial charge in [0.1, 0.15) is 0 Å². The smallest absolute Gasteiger partial charge is 0.257 e. The summed E-state index contributed by atoms with van der Waals surface area (Å²) in [6.45, 7) is 9.13. The van der Waals surface area contributed by atoms with Gasteiger partial charge in [-0.3, -0.25) is 9.89 Å². The molecule has 0 aliphatic heterocycles. The minimum atomic E-state index is 0.0505. The number of nitrogens with zero attached hydrogens (tertiary/aromatic N) is 2. The van der Waals surface area contributed by atoms with Crippen molar-refractivity contribution in [1.82, 2.24) is 15.1 Å². The van der Waals surface area contributed by atoms with Crippen molar-refractivity contribution in [3.63, 3.8) is 0 Å². The molecule has 0 aliphatic rings. The van der Waals surface area contributed by atoms with Gasteiger partial charge in [0.05, 0.1) is 17.9 Å². The monoisotopic (exact) mass is 267 g/mol. The van der Waals surface area contributed by atoms with Crippen molar-refractivity contribution < 1.29 is 9.53 Å². The summed E-state index contributed by atoms with van der Waals surface area (Å²) in [4.78, 5) is 14.6. The van der Waals surface area contributed by atoms with Crippen molar-refractivity contribution in [2.75, 3.05) is 20.3 Å². The van der Waals surface area contributed by atoms with Crippen molar-refractivity contribution in [3.8, 4) is 0 Å². The van der Waals surface area contributed by atoms with E-state index in [1.165, 1.54) is 0 Å². The Bertz CT molecular complexity index is 391. The molecular weight excluding hydrogens is 242 g/mol. The van der Waals surface area contributed by atoms with E-state index in [0.717, 1.165) is 24.2 Å². The van der Waals surface area contributed by atoms with Crippen molar-refractivity contribution >= 4 is 5.91 Å². The Morgan fingerprint density at radius 3 is 2.42 bits per heavy atom. The fourth-order valence-corrected chi connectivity index (χ4v) is 2.38. The molecule has 5 nitrogen and oxygen atoms in total. The highest BCUT2D eigenvalue weighted by Crippen LogP contribution is 2.17. The number of nitrogens with one attached hydrogen (secondary N) is 1. The zero-order chi connectivity index (χ0) is 14.4. The van der Waals surface area contributed by atoms with Crippen LogP contribution in [0.15, 0.2) is 0 Å². The number of H-pyrrole nitrogens is 1. The molecule has 1 N–H and O–H groups in total. The van der Waals surface area contributed by atoms with Gasteiger partial charge in [-0.15, -0.1) is 0 Å². The molecule has 0 unspecified atom stereocenters. The third-order valence-corrected chi connectivity index (χ3v) is 3.52. The van der Waals surface area contributed by atoms with Gasteiger partial charge in [-0.05, 0) is 26.7 Å². The molecule has 5 heteroatoms. The van der Waals surface area contributed by atoms with E-state index in [1.54, 1.807) is 7.11 Å². The summed E-state index contributed by atoms with van der Waals surface area (Å²) in [5, 5.41) is 6.98. The van der Waals surface area contributed by atoms with Crippen LogP contribution >= 0.6 is 0 Å². The van der Waals surface area contributed by atoms with E-state index in [9.17, 15) is 4.79 Å². The molecule has 0 saturated carbocycles. The highest BCUT2D eigenvalue weighted by atomic mass is 16.5. The Morgan fingerprint density at radius 1 is 1.37 bits per heavy atom. The first-order chi connectivity index (χ1) is 9.06. The van der Waals surface area contributed by atoms with Crippen LogP contribution in [0.2, 0.25) is 0 Å². The van der Waals surface area contributed by atoms with Gasteiger partial charge in [-0.25, -0.2) is 0 Å². The van der Waals surface area contributed by atoms with Crippen molar-refractivity contribution in [1.29, 1.82) is 0 Å². The minimum Gasteiger partial charge on any atom is -0.383 e. The van der Waals surface area contributed by atoms with Gasteiger partial charge >= 0.3 is 0 Å². The lowest BCUT2D eigenvalue weighted by Crippen LogP contribution is -2.42. The van der Waals surface area contributed by atoms with Crippen LogP contribution in [-0.4, -0.2) is 47.3 Å². The van der Waals surface area contributed by atoms with Gasteiger partial charge in [0.15, 0.2) is 0 Å². The maximum atomic E-state index is 12.7. The summed E-state index contributed by atoms with van der Waals surface area (Å²) in [7, 11) is 1.66. The van der Waals surface area contributed by atoms with Crippen LogP contribution in [-0.2, 0) is 4.74 Å². The molecule has 0 radical (unpaired) electrons. The lowest BCUT2D eigenvalue weighted by molar-refractivity contribution is 0.0588. The van der Waals surface area contributed by atoms with Gasteiger partial charge in [-0.1, -0.05) is 13.8 Å². The molecule has 1 aromatic heterocycles. The third-order valence-electron chi connectivity index (χ3n) is 3.52. The topological polar surface area (TPSA) is 58.2 Å². The second-order valence-corrected chi connectivity index (χ2v) is 4.77. The van der Waals surface area contributed by atoms with E-state index in [2.05, 4.69) is 24.0 Å². The molecule has 19 heavy (non-hydrogen) atoms. The fraction of sp³-hybridized carbons (Fsp3) is 0.714. The fourth-order valence-electron chi connectivity index (χ4n) is 2.38. The second kappa shape index (κ2) is 7.28. The number of ether oxygens (including phenoxy) is 1. The van der Waals surface area contributed by atoms with E-state index in [0.29, 0.717) is 18.7 Å². The lowest BCUT2D eigenvalue weighted by Gasteiger charge is -2.30. The molecule has 1 aromatic rings. The predicted octanol–water partition coefficient (Wildman–Crippen LogP) is 2.30. The van der Waals surface area contributed by atoms with E-state index in [4.69, 9.17) is 4.74 Å². The number of aryl methyl sites for hydroxylation is 2. The Hall–Kier alpha value is -1.36. The van der Waals surface area contributed by atoms with E-state index < -0.39 is 0 Å². The maximum Gasteiger partial charge on any atom is 0.257 e.